The molecule has 0 atom stereocenters. The summed E-state index contributed by atoms with van der Waals surface area (Å²) in [5, 5.41) is 15.1. The molecule has 5 nitrogen and oxygen atoms in total. The highest BCUT2D eigenvalue weighted by Crippen LogP contribution is 2.27. The van der Waals surface area contributed by atoms with Crippen LogP contribution in [0.1, 0.15) is 42.5 Å². The van der Waals surface area contributed by atoms with Gasteiger partial charge < -0.3 is 15.7 Å². The molecule has 126 valence electrons. The van der Waals surface area contributed by atoms with Crippen molar-refractivity contribution in [2.45, 2.75) is 37.7 Å². The monoisotopic (exact) mass is 326 g/mol. The summed E-state index contributed by atoms with van der Waals surface area (Å²) < 4.78 is 26.2. The zero-order chi connectivity index (χ0) is 16.9. The Morgan fingerprint density at radius 2 is 1.83 bits per heavy atom. The number of hydrogen-bond donors (Lipinski definition) is 3. The third-order valence-electron chi connectivity index (χ3n) is 3.98. The smallest absolute Gasteiger partial charge is 0.254 e. The summed E-state index contributed by atoms with van der Waals surface area (Å²) in [7, 11) is 0. The Hall–Kier alpha value is -2.02. The summed E-state index contributed by atoms with van der Waals surface area (Å²) in [6, 6.07) is 2.59. The van der Waals surface area contributed by atoms with E-state index in [4.69, 9.17) is 0 Å². The third-order valence-corrected chi connectivity index (χ3v) is 3.98. The second-order valence-electron chi connectivity index (χ2n) is 5.87. The van der Waals surface area contributed by atoms with Crippen LogP contribution in [0.2, 0.25) is 0 Å². The van der Waals surface area contributed by atoms with Gasteiger partial charge in [-0.15, -0.1) is 0 Å². The van der Waals surface area contributed by atoms with Gasteiger partial charge in [0.15, 0.2) is 0 Å². The summed E-state index contributed by atoms with van der Waals surface area (Å²) in [6.07, 6.45) is 4.20. The summed E-state index contributed by atoms with van der Waals surface area (Å²) in [4.78, 5) is 23.5. The van der Waals surface area contributed by atoms with Gasteiger partial charge in [0, 0.05) is 12.6 Å². The van der Waals surface area contributed by atoms with Gasteiger partial charge in [-0.05, 0) is 25.0 Å². The molecule has 2 rings (SSSR count). The predicted molar refractivity (Wildman–Crippen MR) is 79.7 cm³/mol. The van der Waals surface area contributed by atoms with E-state index in [9.17, 15) is 23.5 Å². The van der Waals surface area contributed by atoms with Crippen molar-refractivity contribution in [2.24, 2.45) is 0 Å². The minimum absolute atomic E-state index is 0.132. The van der Waals surface area contributed by atoms with Gasteiger partial charge in [-0.1, -0.05) is 19.3 Å². The lowest BCUT2D eigenvalue weighted by atomic mass is 9.85. The molecule has 1 saturated carbocycles. The molecule has 1 aliphatic carbocycles. The molecule has 0 aliphatic heterocycles. The second kappa shape index (κ2) is 7.50. The molecule has 0 saturated heterocycles. The molecule has 2 amide bonds. The lowest BCUT2D eigenvalue weighted by Crippen LogP contribution is -2.46. The maximum Gasteiger partial charge on any atom is 0.254 e. The molecule has 23 heavy (non-hydrogen) atoms. The van der Waals surface area contributed by atoms with Crippen LogP contribution >= 0.6 is 0 Å². The topological polar surface area (TPSA) is 78.4 Å². The van der Waals surface area contributed by atoms with Gasteiger partial charge in [0.25, 0.3) is 5.91 Å². The van der Waals surface area contributed by atoms with Gasteiger partial charge in [0.1, 0.15) is 11.6 Å². The van der Waals surface area contributed by atoms with Crippen molar-refractivity contribution in [2.75, 3.05) is 13.1 Å². The van der Waals surface area contributed by atoms with Gasteiger partial charge in [0.2, 0.25) is 5.91 Å². The highest BCUT2D eigenvalue weighted by molar-refractivity contribution is 5.96. The van der Waals surface area contributed by atoms with E-state index >= 15 is 0 Å². The van der Waals surface area contributed by atoms with Crippen molar-refractivity contribution < 1.29 is 23.5 Å². The summed E-state index contributed by atoms with van der Waals surface area (Å²) in [6.45, 7) is -0.210. The van der Waals surface area contributed by atoms with Crippen molar-refractivity contribution >= 4 is 11.8 Å². The number of hydrogen-bond acceptors (Lipinski definition) is 3. The van der Waals surface area contributed by atoms with Crippen LogP contribution in [0.25, 0.3) is 0 Å². The van der Waals surface area contributed by atoms with Gasteiger partial charge in [-0.25, -0.2) is 8.78 Å². The molecule has 1 fully saturated rings. The first-order chi connectivity index (χ1) is 10.9. The maximum atomic E-state index is 13.4. The highest BCUT2D eigenvalue weighted by Gasteiger charge is 2.29. The Morgan fingerprint density at radius 1 is 1.13 bits per heavy atom. The van der Waals surface area contributed by atoms with Crippen LogP contribution in [0.5, 0.6) is 0 Å². The zero-order valence-corrected chi connectivity index (χ0v) is 12.7. The predicted octanol–water partition coefficient (Wildman–Crippen LogP) is 1.51. The van der Waals surface area contributed by atoms with Crippen molar-refractivity contribution in [3.05, 3.63) is 35.4 Å². The Balaban J connectivity index is 1.78. The molecule has 0 radical (unpaired) electrons. The van der Waals surface area contributed by atoms with E-state index in [0.717, 1.165) is 31.4 Å². The van der Waals surface area contributed by atoms with Gasteiger partial charge in [-0.3, -0.25) is 9.59 Å². The van der Waals surface area contributed by atoms with E-state index in [0.29, 0.717) is 18.9 Å². The molecule has 0 aromatic heterocycles. The Morgan fingerprint density at radius 3 is 2.48 bits per heavy atom. The molecule has 1 aromatic rings. The quantitative estimate of drug-likeness (QED) is 0.767. The van der Waals surface area contributed by atoms with E-state index in [1.165, 1.54) is 0 Å². The second-order valence-corrected chi connectivity index (χ2v) is 5.87. The minimum Gasteiger partial charge on any atom is -0.388 e. The number of benzene rings is 1. The highest BCUT2D eigenvalue weighted by atomic mass is 19.1. The number of halogens is 2. The van der Waals surface area contributed by atoms with E-state index in [1.807, 2.05) is 0 Å². The van der Waals surface area contributed by atoms with Gasteiger partial charge in [-0.2, -0.15) is 0 Å². The minimum atomic E-state index is -0.987. The average molecular weight is 326 g/mol. The molecule has 0 spiro atoms. The standard InChI is InChI=1S/C16H20F2N2O3/c17-11-4-5-12(13(18)8-11)15(22)19-9-14(21)20-10-16(23)6-2-1-3-7-16/h4-5,8,23H,1-3,6-7,9-10H2,(H,19,22)(H,20,21). The van der Waals surface area contributed by atoms with Crippen LogP contribution in [0, 0.1) is 11.6 Å². The van der Waals surface area contributed by atoms with Gasteiger partial charge in [0.05, 0.1) is 17.7 Å². The molecule has 0 bridgehead atoms. The van der Waals surface area contributed by atoms with Crippen molar-refractivity contribution in [1.82, 2.24) is 10.6 Å². The van der Waals surface area contributed by atoms with Crippen LogP contribution in [0.3, 0.4) is 0 Å². The molecule has 1 aliphatic rings. The Labute approximate surface area is 133 Å². The SMILES string of the molecule is O=C(CNC(=O)c1ccc(F)cc1F)NCC1(O)CCCCC1. The van der Waals surface area contributed by atoms with Crippen LogP contribution in [-0.4, -0.2) is 35.6 Å². The van der Waals surface area contributed by atoms with Crippen LogP contribution in [0.4, 0.5) is 8.78 Å². The zero-order valence-electron chi connectivity index (χ0n) is 12.7. The van der Waals surface area contributed by atoms with E-state index in [2.05, 4.69) is 10.6 Å². The first-order valence-corrected chi connectivity index (χ1v) is 7.62. The number of nitrogens with one attached hydrogen (secondary N) is 2. The van der Waals surface area contributed by atoms with E-state index in [-0.39, 0.29) is 18.7 Å². The summed E-state index contributed by atoms with van der Waals surface area (Å²) >= 11 is 0. The first-order valence-electron chi connectivity index (χ1n) is 7.62. The Kier molecular flexibility index (Phi) is 5.65. The lowest BCUT2D eigenvalue weighted by molar-refractivity contribution is -0.121. The fourth-order valence-electron chi connectivity index (χ4n) is 2.64. The Bertz CT molecular complexity index is 587. The fourth-order valence-corrected chi connectivity index (χ4v) is 2.64. The molecule has 3 N–H and O–H groups in total. The van der Waals surface area contributed by atoms with Crippen molar-refractivity contribution in [3.63, 3.8) is 0 Å². The molecular formula is C16H20F2N2O3. The van der Waals surface area contributed by atoms with Crippen LogP contribution < -0.4 is 10.6 Å². The van der Waals surface area contributed by atoms with E-state index < -0.39 is 29.0 Å². The van der Waals surface area contributed by atoms with Crippen LogP contribution in [-0.2, 0) is 4.79 Å². The summed E-state index contributed by atoms with van der Waals surface area (Å²) in [5.74, 6) is -3.04. The lowest BCUT2D eigenvalue weighted by Gasteiger charge is -2.32. The van der Waals surface area contributed by atoms with E-state index in [1.54, 1.807) is 0 Å². The molecule has 0 heterocycles. The summed E-state index contributed by atoms with van der Waals surface area (Å²) in [5.41, 5.74) is -1.22. The van der Waals surface area contributed by atoms with Crippen LogP contribution in [0.15, 0.2) is 18.2 Å². The largest absolute Gasteiger partial charge is 0.388 e. The number of carbonyl (C=O) groups is 2. The number of amides is 2. The first kappa shape index (κ1) is 17.3. The number of carbonyl (C=O) groups excluding carboxylic acids is 2. The number of aliphatic hydroxyl groups is 1. The number of rotatable bonds is 5. The fraction of sp³-hybridized carbons (Fsp3) is 0.500. The molecule has 0 unspecified atom stereocenters. The normalized spacial score (nSPS) is 16.7. The third kappa shape index (κ3) is 4.99. The molecular weight excluding hydrogens is 306 g/mol. The van der Waals surface area contributed by atoms with Crippen molar-refractivity contribution in [1.29, 1.82) is 0 Å². The van der Waals surface area contributed by atoms with Crippen molar-refractivity contribution in [3.8, 4) is 0 Å². The average Bonchev–Trinajstić information content (AvgIpc) is 2.51. The maximum absolute atomic E-state index is 13.4. The molecule has 1 aromatic carbocycles. The van der Waals surface area contributed by atoms with Gasteiger partial charge >= 0.3 is 0 Å². The molecule has 7 heteroatoms.